The third-order valence-corrected chi connectivity index (χ3v) is 6.43. The highest BCUT2D eigenvalue weighted by Gasteiger charge is 2.17. The molecule has 0 spiro atoms. The summed E-state index contributed by atoms with van der Waals surface area (Å²) < 4.78 is 29.5. The van der Waals surface area contributed by atoms with Crippen LogP contribution in [-0.2, 0) is 22.9 Å². The molecule has 0 bridgehead atoms. The number of sulfone groups is 1. The van der Waals surface area contributed by atoms with Crippen LogP contribution in [0.4, 0.5) is 0 Å². The van der Waals surface area contributed by atoms with Gasteiger partial charge in [-0.2, -0.15) is 0 Å². The summed E-state index contributed by atoms with van der Waals surface area (Å²) in [6, 6.07) is 9.27. The Morgan fingerprint density at radius 3 is 2.40 bits per heavy atom. The summed E-state index contributed by atoms with van der Waals surface area (Å²) in [7, 11) is -1.49. The topological polar surface area (TPSA) is 92.7 Å². The molecular formula is C22H30N4O3S. The van der Waals surface area contributed by atoms with E-state index in [0.29, 0.717) is 29.8 Å². The molecule has 1 aliphatic rings. The minimum atomic E-state index is -3.21. The first kappa shape index (κ1) is 22.1. The summed E-state index contributed by atoms with van der Waals surface area (Å²) in [5.74, 6) is 1.33. The molecule has 1 aliphatic carbocycles. The predicted octanol–water partition coefficient (Wildman–Crippen LogP) is 2.98. The van der Waals surface area contributed by atoms with Crippen molar-refractivity contribution >= 4 is 15.8 Å². The van der Waals surface area contributed by atoms with E-state index in [-0.39, 0.29) is 6.10 Å². The molecule has 0 amide bonds. The van der Waals surface area contributed by atoms with Crippen molar-refractivity contribution in [2.24, 2.45) is 4.99 Å². The van der Waals surface area contributed by atoms with Gasteiger partial charge in [-0.05, 0) is 61.4 Å². The van der Waals surface area contributed by atoms with E-state index < -0.39 is 9.84 Å². The highest BCUT2D eigenvalue weighted by Crippen LogP contribution is 2.23. The van der Waals surface area contributed by atoms with Gasteiger partial charge in [0.25, 0.3) is 0 Å². The third kappa shape index (κ3) is 6.19. The number of nitrogens with one attached hydrogen (secondary N) is 2. The van der Waals surface area contributed by atoms with Crippen LogP contribution in [0.1, 0.15) is 42.4 Å². The van der Waals surface area contributed by atoms with Crippen molar-refractivity contribution in [3.8, 4) is 5.88 Å². The molecule has 162 valence electrons. The van der Waals surface area contributed by atoms with Crippen molar-refractivity contribution in [3.63, 3.8) is 0 Å². The summed E-state index contributed by atoms with van der Waals surface area (Å²) in [6.07, 6.45) is 7.94. The van der Waals surface area contributed by atoms with Gasteiger partial charge in [0.05, 0.1) is 4.90 Å². The number of ether oxygens (including phenoxy) is 1. The Bertz CT molecular complexity index is 999. The summed E-state index contributed by atoms with van der Waals surface area (Å²) in [5.41, 5.74) is 2.79. The molecule has 1 saturated carbocycles. The lowest BCUT2D eigenvalue weighted by Crippen LogP contribution is -2.36. The number of pyridine rings is 1. The predicted molar refractivity (Wildman–Crippen MR) is 118 cm³/mol. The average Bonchev–Trinajstić information content (AvgIpc) is 3.20. The smallest absolute Gasteiger partial charge is 0.213 e. The molecule has 0 radical (unpaired) electrons. The van der Waals surface area contributed by atoms with E-state index >= 15 is 0 Å². The molecule has 8 heteroatoms. The standard InChI is InChI=1S/C22H30N4O3S/c1-16-12-17(8-9-20(16)30(3,27)28)14-25-22(23-2)26-15-18-10-11-24-21(13-18)29-19-6-4-5-7-19/h8-13,19H,4-7,14-15H2,1-3H3,(H2,23,25,26). The number of benzene rings is 1. The Morgan fingerprint density at radius 1 is 1.13 bits per heavy atom. The van der Waals surface area contributed by atoms with Gasteiger partial charge in [-0.25, -0.2) is 13.4 Å². The molecule has 2 N–H and O–H groups in total. The van der Waals surface area contributed by atoms with Crippen molar-refractivity contribution in [1.29, 1.82) is 0 Å². The number of hydrogen-bond donors (Lipinski definition) is 2. The van der Waals surface area contributed by atoms with E-state index in [0.717, 1.165) is 29.5 Å². The lowest BCUT2D eigenvalue weighted by atomic mass is 10.1. The van der Waals surface area contributed by atoms with Crippen LogP contribution in [0.3, 0.4) is 0 Å². The first-order chi connectivity index (χ1) is 14.3. The van der Waals surface area contributed by atoms with Crippen LogP contribution in [0.5, 0.6) is 5.88 Å². The van der Waals surface area contributed by atoms with Gasteiger partial charge in [0.1, 0.15) is 6.10 Å². The quantitative estimate of drug-likeness (QED) is 0.518. The van der Waals surface area contributed by atoms with Gasteiger partial charge >= 0.3 is 0 Å². The summed E-state index contributed by atoms with van der Waals surface area (Å²) in [6.45, 7) is 2.94. The minimum Gasteiger partial charge on any atom is -0.474 e. The van der Waals surface area contributed by atoms with E-state index in [9.17, 15) is 8.42 Å². The number of hydrogen-bond acceptors (Lipinski definition) is 5. The lowest BCUT2D eigenvalue weighted by molar-refractivity contribution is 0.201. The largest absolute Gasteiger partial charge is 0.474 e. The zero-order valence-corrected chi connectivity index (χ0v) is 18.6. The molecule has 1 fully saturated rings. The van der Waals surface area contributed by atoms with Gasteiger partial charge in [0.2, 0.25) is 5.88 Å². The molecule has 0 unspecified atom stereocenters. The molecule has 30 heavy (non-hydrogen) atoms. The minimum absolute atomic E-state index is 0.285. The molecule has 1 aromatic carbocycles. The number of rotatable bonds is 7. The molecule has 1 heterocycles. The van der Waals surface area contributed by atoms with Crippen molar-refractivity contribution in [3.05, 3.63) is 53.2 Å². The third-order valence-electron chi connectivity index (χ3n) is 5.17. The van der Waals surface area contributed by atoms with Gasteiger partial charge in [-0.3, -0.25) is 4.99 Å². The molecule has 0 aliphatic heterocycles. The highest BCUT2D eigenvalue weighted by atomic mass is 32.2. The Hall–Kier alpha value is -2.61. The Morgan fingerprint density at radius 2 is 1.80 bits per heavy atom. The van der Waals surface area contributed by atoms with E-state index in [1.165, 1.54) is 19.1 Å². The monoisotopic (exact) mass is 430 g/mol. The van der Waals surface area contributed by atoms with Crippen molar-refractivity contribution in [2.45, 2.75) is 56.7 Å². The van der Waals surface area contributed by atoms with Crippen LogP contribution in [-0.4, -0.2) is 38.8 Å². The molecule has 2 aromatic rings. The fraction of sp³-hybridized carbons (Fsp3) is 0.455. The Labute approximate surface area is 178 Å². The van der Waals surface area contributed by atoms with Crippen molar-refractivity contribution < 1.29 is 13.2 Å². The molecule has 3 rings (SSSR count). The zero-order chi connectivity index (χ0) is 21.6. The molecule has 0 atom stereocenters. The van der Waals surface area contributed by atoms with Gasteiger partial charge < -0.3 is 15.4 Å². The lowest BCUT2D eigenvalue weighted by Gasteiger charge is -2.15. The molecule has 1 aromatic heterocycles. The van der Waals surface area contributed by atoms with E-state index in [4.69, 9.17) is 4.74 Å². The maximum Gasteiger partial charge on any atom is 0.213 e. The summed E-state index contributed by atoms with van der Waals surface area (Å²) in [5, 5.41) is 6.54. The summed E-state index contributed by atoms with van der Waals surface area (Å²) >= 11 is 0. The van der Waals surface area contributed by atoms with E-state index in [1.807, 2.05) is 31.2 Å². The van der Waals surface area contributed by atoms with Gasteiger partial charge in [0, 0.05) is 38.7 Å². The van der Waals surface area contributed by atoms with Crippen LogP contribution in [0.25, 0.3) is 0 Å². The van der Waals surface area contributed by atoms with E-state index in [2.05, 4.69) is 20.6 Å². The average molecular weight is 431 g/mol. The van der Waals surface area contributed by atoms with Gasteiger partial charge in [0.15, 0.2) is 15.8 Å². The van der Waals surface area contributed by atoms with Crippen LogP contribution in [0.2, 0.25) is 0 Å². The van der Waals surface area contributed by atoms with Crippen LogP contribution in [0.15, 0.2) is 46.4 Å². The number of nitrogens with zero attached hydrogens (tertiary/aromatic N) is 2. The second-order valence-electron chi connectivity index (χ2n) is 7.68. The number of aliphatic imine (C=N–C) groups is 1. The van der Waals surface area contributed by atoms with Crippen LogP contribution in [0, 0.1) is 6.92 Å². The SMILES string of the molecule is CN=C(NCc1ccnc(OC2CCCC2)c1)NCc1ccc(S(C)(=O)=O)c(C)c1. The Balaban J connectivity index is 1.53. The van der Waals surface area contributed by atoms with Crippen molar-refractivity contribution in [2.75, 3.05) is 13.3 Å². The Kier molecular flexibility index (Phi) is 7.31. The number of guanidine groups is 1. The van der Waals surface area contributed by atoms with E-state index in [1.54, 1.807) is 19.3 Å². The number of aromatic nitrogens is 1. The second kappa shape index (κ2) is 9.93. The zero-order valence-electron chi connectivity index (χ0n) is 17.8. The van der Waals surface area contributed by atoms with Crippen LogP contribution >= 0.6 is 0 Å². The molecule has 0 saturated heterocycles. The maximum absolute atomic E-state index is 11.8. The van der Waals surface area contributed by atoms with Gasteiger partial charge in [-0.1, -0.05) is 12.1 Å². The molecular weight excluding hydrogens is 400 g/mol. The molecule has 7 nitrogen and oxygen atoms in total. The highest BCUT2D eigenvalue weighted by molar-refractivity contribution is 7.90. The van der Waals surface area contributed by atoms with Crippen LogP contribution < -0.4 is 15.4 Å². The van der Waals surface area contributed by atoms with Gasteiger partial charge in [-0.15, -0.1) is 0 Å². The fourth-order valence-corrected chi connectivity index (χ4v) is 4.59. The second-order valence-corrected chi connectivity index (χ2v) is 9.66. The maximum atomic E-state index is 11.8. The summed E-state index contributed by atoms with van der Waals surface area (Å²) in [4.78, 5) is 8.94. The normalized spacial score (nSPS) is 15.2. The number of aryl methyl sites for hydroxylation is 1. The fourth-order valence-electron chi connectivity index (χ4n) is 3.63. The first-order valence-corrected chi connectivity index (χ1v) is 12.1. The first-order valence-electron chi connectivity index (χ1n) is 10.2. The van der Waals surface area contributed by atoms with Crippen molar-refractivity contribution in [1.82, 2.24) is 15.6 Å².